The Hall–Kier alpha value is -0.960. The Morgan fingerprint density at radius 2 is 2.30 bits per heavy atom. The van der Waals surface area contributed by atoms with E-state index in [1.54, 1.807) is 11.3 Å². The minimum absolute atomic E-state index is 0.751. The molecule has 0 aliphatic carbocycles. The molecule has 0 radical (unpaired) electrons. The predicted octanol–water partition coefficient (Wildman–Crippen LogP) is 2.12. The summed E-state index contributed by atoms with van der Waals surface area (Å²) >= 11 is 1.74. The van der Waals surface area contributed by atoms with E-state index in [2.05, 4.69) is 18.0 Å². The highest BCUT2D eigenvalue weighted by molar-refractivity contribution is 7.18. The van der Waals surface area contributed by atoms with Crippen LogP contribution in [-0.4, -0.2) is 4.98 Å². The molecule has 0 aliphatic rings. The number of aromatic amines is 1. The molecule has 2 heterocycles. The van der Waals surface area contributed by atoms with Crippen LogP contribution in [0.2, 0.25) is 0 Å². The number of rotatable bonds is 0. The lowest BCUT2D eigenvalue weighted by Crippen LogP contribution is -1.80. The summed E-state index contributed by atoms with van der Waals surface area (Å²) in [5.74, 6) is 0.751. The Balaban J connectivity index is 2.83. The molecule has 0 aromatic carbocycles. The fourth-order valence-corrected chi connectivity index (χ4v) is 1.99. The van der Waals surface area contributed by atoms with E-state index in [0.717, 1.165) is 5.82 Å². The van der Waals surface area contributed by atoms with Crippen LogP contribution in [0.5, 0.6) is 0 Å². The van der Waals surface area contributed by atoms with Crippen molar-refractivity contribution >= 4 is 27.4 Å². The third kappa shape index (κ3) is 0.708. The van der Waals surface area contributed by atoms with E-state index < -0.39 is 0 Å². The summed E-state index contributed by atoms with van der Waals surface area (Å²) in [6, 6.07) is 4.09. The van der Waals surface area contributed by atoms with Crippen molar-refractivity contribution in [2.24, 2.45) is 0 Å². The van der Waals surface area contributed by atoms with Crippen LogP contribution in [0, 0.1) is 6.92 Å². The largest absolute Gasteiger partial charge is 0.385 e. The zero-order valence-corrected chi connectivity index (χ0v) is 6.46. The first-order valence-corrected chi connectivity index (χ1v) is 3.92. The number of aryl methyl sites for hydroxylation is 1. The van der Waals surface area contributed by atoms with Gasteiger partial charge in [-0.15, -0.1) is 11.3 Å². The van der Waals surface area contributed by atoms with Gasteiger partial charge in [0.05, 0.1) is 0 Å². The summed E-state index contributed by atoms with van der Waals surface area (Å²) in [4.78, 5) is 5.57. The van der Waals surface area contributed by atoms with E-state index in [-0.39, 0.29) is 0 Å². The Morgan fingerprint density at radius 3 is 3.00 bits per heavy atom. The average Bonchev–Trinajstić information content (AvgIpc) is 2.21. The van der Waals surface area contributed by atoms with E-state index in [1.165, 1.54) is 15.1 Å². The maximum absolute atomic E-state index is 5.54. The van der Waals surface area contributed by atoms with Crippen molar-refractivity contribution < 1.29 is 0 Å². The molecule has 0 aliphatic heterocycles. The molecular formula is C7H8N2S. The summed E-state index contributed by atoms with van der Waals surface area (Å²) in [7, 11) is 0. The second-order valence-corrected chi connectivity index (χ2v) is 3.62. The Morgan fingerprint density at radius 1 is 1.50 bits per heavy atom. The van der Waals surface area contributed by atoms with Gasteiger partial charge < -0.3 is 10.7 Å². The summed E-state index contributed by atoms with van der Waals surface area (Å²) in [6.45, 7) is 2.09. The van der Waals surface area contributed by atoms with E-state index in [1.807, 2.05) is 6.07 Å². The third-order valence-corrected chi connectivity index (χ3v) is 2.43. The maximum Gasteiger partial charge on any atom is 0.102 e. The number of H-pyrrole nitrogens is 1. The Kier molecular flexibility index (Phi) is 1.02. The van der Waals surface area contributed by atoms with Gasteiger partial charge in [-0.3, -0.25) is 0 Å². The molecule has 0 saturated carbocycles. The molecule has 2 aromatic heterocycles. The van der Waals surface area contributed by atoms with Gasteiger partial charge in [-0.1, -0.05) is 0 Å². The monoisotopic (exact) mass is 152 g/mol. The SMILES string of the molecule is Cc1cc2cc(N)[nH]c2s1. The van der Waals surface area contributed by atoms with Crippen molar-refractivity contribution in [2.75, 3.05) is 5.73 Å². The number of nitrogens with two attached hydrogens (primary N) is 1. The lowest BCUT2D eigenvalue weighted by molar-refractivity contribution is 1.50. The Labute approximate surface area is 62.7 Å². The second-order valence-electron chi connectivity index (χ2n) is 2.37. The third-order valence-electron chi connectivity index (χ3n) is 1.45. The van der Waals surface area contributed by atoms with Crippen LogP contribution in [-0.2, 0) is 0 Å². The summed E-state index contributed by atoms with van der Waals surface area (Å²) in [5.41, 5.74) is 5.54. The molecule has 0 fully saturated rings. The maximum atomic E-state index is 5.54. The fourth-order valence-electron chi connectivity index (χ4n) is 1.07. The highest BCUT2D eigenvalue weighted by Crippen LogP contribution is 2.25. The van der Waals surface area contributed by atoms with E-state index in [4.69, 9.17) is 5.73 Å². The number of fused-ring (bicyclic) bond motifs is 1. The second kappa shape index (κ2) is 1.76. The topological polar surface area (TPSA) is 41.8 Å². The van der Waals surface area contributed by atoms with Crippen molar-refractivity contribution in [1.29, 1.82) is 0 Å². The first kappa shape index (κ1) is 5.80. The molecule has 10 heavy (non-hydrogen) atoms. The quantitative estimate of drug-likeness (QED) is 0.596. The zero-order valence-electron chi connectivity index (χ0n) is 5.64. The van der Waals surface area contributed by atoms with Crippen LogP contribution in [0.25, 0.3) is 10.2 Å². The van der Waals surface area contributed by atoms with Crippen LogP contribution in [0.4, 0.5) is 5.82 Å². The molecule has 2 nitrogen and oxygen atoms in total. The fraction of sp³-hybridized carbons (Fsp3) is 0.143. The summed E-state index contributed by atoms with van der Waals surface area (Å²) in [5, 5.41) is 1.22. The minimum atomic E-state index is 0.751. The number of aromatic nitrogens is 1. The molecule has 0 bridgehead atoms. The number of anilines is 1. The van der Waals surface area contributed by atoms with Crippen molar-refractivity contribution in [3.05, 3.63) is 17.0 Å². The smallest absolute Gasteiger partial charge is 0.102 e. The molecule has 0 saturated heterocycles. The van der Waals surface area contributed by atoms with Gasteiger partial charge >= 0.3 is 0 Å². The number of hydrogen-bond donors (Lipinski definition) is 2. The van der Waals surface area contributed by atoms with Crippen LogP contribution in [0.15, 0.2) is 12.1 Å². The van der Waals surface area contributed by atoms with Gasteiger partial charge in [0.15, 0.2) is 0 Å². The molecule has 2 rings (SSSR count). The first-order valence-electron chi connectivity index (χ1n) is 3.10. The predicted molar refractivity (Wildman–Crippen MR) is 45.3 cm³/mol. The van der Waals surface area contributed by atoms with Gasteiger partial charge in [0, 0.05) is 10.3 Å². The van der Waals surface area contributed by atoms with E-state index in [0.29, 0.717) is 0 Å². The van der Waals surface area contributed by atoms with Crippen LogP contribution >= 0.6 is 11.3 Å². The molecule has 0 atom stereocenters. The molecular weight excluding hydrogens is 144 g/mol. The zero-order chi connectivity index (χ0) is 7.14. The number of nitrogen functional groups attached to an aromatic ring is 1. The molecule has 0 spiro atoms. The van der Waals surface area contributed by atoms with Gasteiger partial charge in [0.25, 0.3) is 0 Å². The minimum Gasteiger partial charge on any atom is -0.385 e. The van der Waals surface area contributed by atoms with E-state index in [9.17, 15) is 0 Å². The number of hydrogen-bond acceptors (Lipinski definition) is 2. The van der Waals surface area contributed by atoms with Gasteiger partial charge in [-0.25, -0.2) is 0 Å². The standard InChI is InChI=1S/C7H8N2S/c1-4-2-5-3-6(8)9-7(5)10-4/h2-3,9H,8H2,1H3. The van der Waals surface area contributed by atoms with Crippen molar-refractivity contribution in [1.82, 2.24) is 4.98 Å². The Bertz CT molecular complexity index is 295. The van der Waals surface area contributed by atoms with Gasteiger partial charge in [-0.2, -0.15) is 0 Å². The highest BCUT2D eigenvalue weighted by Gasteiger charge is 1.99. The van der Waals surface area contributed by atoms with Crippen molar-refractivity contribution in [2.45, 2.75) is 6.92 Å². The summed E-state index contributed by atoms with van der Waals surface area (Å²) in [6.07, 6.45) is 0. The lowest BCUT2D eigenvalue weighted by Gasteiger charge is -1.78. The molecule has 3 N–H and O–H groups in total. The van der Waals surface area contributed by atoms with Gasteiger partial charge in [-0.05, 0) is 19.1 Å². The molecule has 0 amide bonds. The van der Waals surface area contributed by atoms with Crippen LogP contribution < -0.4 is 5.73 Å². The molecule has 0 unspecified atom stereocenters. The normalized spacial score (nSPS) is 10.9. The van der Waals surface area contributed by atoms with E-state index >= 15 is 0 Å². The molecule has 52 valence electrons. The molecule has 2 aromatic rings. The van der Waals surface area contributed by atoms with Gasteiger partial charge in [0.1, 0.15) is 10.6 Å². The van der Waals surface area contributed by atoms with Crippen LogP contribution in [0.1, 0.15) is 4.88 Å². The van der Waals surface area contributed by atoms with Crippen molar-refractivity contribution in [3.63, 3.8) is 0 Å². The van der Waals surface area contributed by atoms with Gasteiger partial charge in [0.2, 0.25) is 0 Å². The van der Waals surface area contributed by atoms with Crippen LogP contribution in [0.3, 0.4) is 0 Å². The first-order chi connectivity index (χ1) is 4.75. The number of thiophene rings is 1. The lowest BCUT2D eigenvalue weighted by atomic mass is 10.4. The number of nitrogens with one attached hydrogen (secondary N) is 1. The summed E-state index contributed by atoms with van der Waals surface area (Å²) < 4.78 is 0. The van der Waals surface area contributed by atoms with Crippen molar-refractivity contribution in [3.8, 4) is 0 Å². The highest BCUT2D eigenvalue weighted by atomic mass is 32.1. The average molecular weight is 152 g/mol. The molecule has 3 heteroatoms.